The third-order valence-electron chi connectivity index (χ3n) is 2.87. The van der Waals surface area contributed by atoms with E-state index in [9.17, 15) is 4.79 Å². The van der Waals surface area contributed by atoms with Gasteiger partial charge in [0, 0.05) is 23.2 Å². The van der Waals surface area contributed by atoms with Gasteiger partial charge in [-0.1, -0.05) is 30.8 Å². The van der Waals surface area contributed by atoms with Crippen LogP contribution in [0.2, 0.25) is 0 Å². The molecule has 1 aromatic heterocycles. The largest absolute Gasteiger partial charge is 0.313 e. The lowest BCUT2D eigenvalue weighted by molar-refractivity contribution is 0.725. The van der Waals surface area contributed by atoms with Crippen LogP contribution in [0.5, 0.6) is 0 Å². The standard InChI is InChI=1S/C15H19N3OS/c1-4-16-9-12-5-6-13(10(2)7-12)20-15-17-11(3)8-14(19)18-15/h5-8,16H,4,9H2,1-3H3,(H,17,18,19). The molecule has 0 fully saturated rings. The molecule has 0 amide bonds. The molecule has 0 aliphatic heterocycles. The van der Waals surface area contributed by atoms with E-state index in [0.717, 1.165) is 23.7 Å². The van der Waals surface area contributed by atoms with Gasteiger partial charge < -0.3 is 10.3 Å². The Labute approximate surface area is 123 Å². The van der Waals surface area contributed by atoms with Crippen LogP contribution < -0.4 is 10.9 Å². The van der Waals surface area contributed by atoms with Crippen LogP contribution in [0.25, 0.3) is 0 Å². The van der Waals surface area contributed by atoms with Gasteiger partial charge in [-0.15, -0.1) is 0 Å². The first kappa shape index (κ1) is 14.8. The summed E-state index contributed by atoms with van der Waals surface area (Å²) in [6.07, 6.45) is 0. The Balaban J connectivity index is 2.19. The van der Waals surface area contributed by atoms with E-state index in [4.69, 9.17) is 0 Å². The van der Waals surface area contributed by atoms with Crippen molar-refractivity contribution in [2.75, 3.05) is 6.54 Å². The number of rotatable bonds is 5. The van der Waals surface area contributed by atoms with E-state index in [2.05, 4.69) is 47.3 Å². The molecule has 2 aromatic rings. The molecular weight excluding hydrogens is 270 g/mol. The number of H-pyrrole nitrogens is 1. The fourth-order valence-corrected chi connectivity index (χ4v) is 2.81. The third-order valence-corrected chi connectivity index (χ3v) is 3.94. The number of aromatic amines is 1. The first-order chi connectivity index (χ1) is 9.58. The molecule has 4 nitrogen and oxygen atoms in total. The van der Waals surface area contributed by atoms with Gasteiger partial charge in [0.05, 0.1) is 0 Å². The number of hydrogen-bond acceptors (Lipinski definition) is 4. The van der Waals surface area contributed by atoms with Crippen molar-refractivity contribution in [2.24, 2.45) is 0 Å². The normalized spacial score (nSPS) is 10.8. The van der Waals surface area contributed by atoms with Crippen molar-refractivity contribution in [3.05, 3.63) is 51.4 Å². The minimum Gasteiger partial charge on any atom is -0.313 e. The highest BCUT2D eigenvalue weighted by Crippen LogP contribution is 2.27. The lowest BCUT2D eigenvalue weighted by atomic mass is 10.1. The zero-order chi connectivity index (χ0) is 14.5. The summed E-state index contributed by atoms with van der Waals surface area (Å²) in [6.45, 7) is 7.83. The van der Waals surface area contributed by atoms with E-state index in [-0.39, 0.29) is 5.56 Å². The van der Waals surface area contributed by atoms with Gasteiger partial charge in [-0.05, 0) is 37.6 Å². The molecule has 0 saturated heterocycles. The van der Waals surface area contributed by atoms with Crippen LogP contribution in [0.1, 0.15) is 23.7 Å². The van der Waals surface area contributed by atoms with Crippen molar-refractivity contribution in [3.8, 4) is 0 Å². The number of aryl methyl sites for hydroxylation is 2. The maximum atomic E-state index is 11.4. The Morgan fingerprint density at radius 2 is 2.10 bits per heavy atom. The second-order valence-corrected chi connectivity index (χ2v) is 5.70. The zero-order valence-electron chi connectivity index (χ0n) is 12.0. The number of nitrogens with one attached hydrogen (secondary N) is 2. The Morgan fingerprint density at radius 1 is 1.30 bits per heavy atom. The van der Waals surface area contributed by atoms with Gasteiger partial charge in [-0.25, -0.2) is 4.98 Å². The van der Waals surface area contributed by atoms with Crippen molar-refractivity contribution >= 4 is 11.8 Å². The first-order valence-electron chi connectivity index (χ1n) is 6.64. The second kappa shape index (κ2) is 6.72. The molecule has 0 unspecified atom stereocenters. The summed E-state index contributed by atoms with van der Waals surface area (Å²) >= 11 is 1.49. The van der Waals surface area contributed by atoms with Crippen molar-refractivity contribution < 1.29 is 0 Å². The second-order valence-electron chi connectivity index (χ2n) is 4.67. The van der Waals surface area contributed by atoms with Crippen LogP contribution in [-0.4, -0.2) is 16.5 Å². The smallest absolute Gasteiger partial charge is 0.251 e. The lowest BCUT2D eigenvalue weighted by Crippen LogP contribution is -2.11. The third kappa shape index (κ3) is 3.95. The lowest BCUT2D eigenvalue weighted by Gasteiger charge is -2.08. The highest BCUT2D eigenvalue weighted by Gasteiger charge is 2.05. The minimum absolute atomic E-state index is 0.110. The molecule has 0 aliphatic carbocycles. The Kier molecular flexibility index (Phi) is 4.98. The molecule has 0 atom stereocenters. The molecule has 0 aliphatic rings. The number of hydrogen-bond donors (Lipinski definition) is 2. The van der Waals surface area contributed by atoms with Crippen LogP contribution in [0, 0.1) is 13.8 Å². The van der Waals surface area contributed by atoms with E-state index in [0.29, 0.717) is 5.16 Å². The maximum Gasteiger partial charge on any atom is 0.251 e. The van der Waals surface area contributed by atoms with Gasteiger partial charge in [0.2, 0.25) is 0 Å². The van der Waals surface area contributed by atoms with Gasteiger partial charge in [0.15, 0.2) is 5.16 Å². The van der Waals surface area contributed by atoms with Gasteiger partial charge in [0.25, 0.3) is 5.56 Å². The van der Waals surface area contributed by atoms with Gasteiger partial charge >= 0.3 is 0 Å². The van der Waals surface area contributed by atoms with Crippen LogP contribution in [0.3, 0.4) is 0 Å². The molecule has 106 valence electrons. The number of benzene rings is 1. The van der Waals surface area contributed by atoms with E-state index < -0.39 is 0 Å². The Hall–Kier alpha value is -1.59. The topological polar surface area (TPSA) is 57.8 Å². The monoisotopic (exact) mass is 289 g/mol. The molecular formula is C15H19N3OS. The predicted octanol–water partition coefficient (Wildman–Crippen LogP) is 2.65. The molecule has 0 spiro atoms. The molecule has 2 rings (SSSR count). The summed E-state index contributed by atoms with van der Waals surface area (Å²) in [5.41, 5.74) is 3.08. The van der Waals surface area contributed by atoms with Crippen LogP contribution in [-0.2, 0) is 6.54 Å². The van der Waals surface area contributed by atoms with Crippen molar-refractivity contribution in [3.63, 3.8) is 0 Å². The molecule has 20 heavy (non-hydrogen) atoms. The van der Waals surface area contributed by atoms with E-state index in [1.54, 1.807) is 0 Å². The number of aromatic nitrogens is 2. The molecule has 0 bridgehead atoms. The quantitative estimate of drug-likeness (QED) is 0.831. The van der Waals surface area contributed by atoms with Crippen LogP contribution in [0.15, 0.2) is 39.1 Å². The highest BCUT2D eigenvalue weighted by molar-refractivity contribution is 7.99. The number of nitrogens with zero attached hydrogens (tertiary/aromatic N) is 1. The summed E-state index contributed by atoms with van der Waals surface area (Å²) in [4.78, 5) is 19.6. The zero-order valence-corrected chi connectivity index (χ0v) is 12.8. The summed E-state index contributed by atoms with van der Waals surface area (Å²) in [7, 11) is 0. The van der Waals surface area contributed by atoms with E-state index in [1.165, 1.54) is 29.0 Å². The first-order valence-corrected chi connectivity index (χ1v) is 7.46. The van der Waals surface area contributed by atoms with Gasteiger partial charge in [0.1, 0.15) is 0 Å². The summed E-state index contributed by atoms with van der Waals surface area (Å²) in [5, 5.41) is 3.95. The average Bonchev–Trinajstić information content (AvgIpc) is 2.38. The van der Waals surface area contributed by atoms with Gasteiger partial charge in [-0.3, -0.25) is 4.79 Å². The molecule has 1 heterocycles. The SMILES string of the molecule is CCNCc1ccc(Sc2nc(C)cc(=O)[nH]2)c(C)c1. The summed E-state index contributed by atoms with van der Waals surface area (Å²) < 4.78 is 0. The van der Waals surface area contributed by atoms with Crippen molar-refractivity contribution in [2.45, 2.75) is 37.4 Å². The maximum absolute atomic E-state index is 11.4. The molecule has 2 N–H and O–H groups in total. The minimum atomic E-state index is -0.110. The summed E-state index contributed by atoms with van der Waals surface area (Å²) in [5.74, 6) is 0. The molecule has 1 aromatic carbocycles. The van der Waals surface area contributed by atoms with Gasteiger partial charge in [-0.2, -0.15) is 0 Å². The summed E-state index contributed by atoms with van der Waals surface area (Å²) in [6, 6.07) is 7.84. The fraction of sp³-hybridized carbons (Fsp3) is 0.333. The Morgan fingerprint density at radius 3 is 2.75 bits per heavy atom. The van der Waals surface area contributed by atoms with Crippen molar-refractivity contribution in [1.29, 1.82) is 0 Å². The molecule has 0 saturated carbocycles. The van der Waals surface area contributed by atoms with E-state index in [1.807, 2.05) is 6.92 Å². The highest BCUT2D eigenvalue weighted by atomic mass is 32.2. The van der Waals surface area contributed by atoms with E-state index >= 15 is 0 Å². The average molecular weight is 289 g/mol. The fourth-order valence-electron chi connectivity index (χ4n) is 1.91. The Bertz CT molecular complexity index is 652. The van der Waals surface area contributed by atoms with Crippen LogP contribution >= 0.6 is 11.8 Å². The van der Waals surface area contributed by atoms with Crippen LogP contribution in [0.4, 0.5) is 0 Å². The molecule has 5 heteroatoms. The molecule has 0 radical (unpaired) electrons. The van der Waals surface area contributed by atoms with Crippen molar-refractivity contribution in [1.82, 2.24) is 15.3 Å². The predicted molar refractivity (Wildman–Crippen MR) is 82.3 cm³/mol.